The Labute approximate surface area is 122 Å². The first-order chi connectivity index (χ1) is 8.59. The first-order valence-electron chi connectivity index (χ1n) is 5.99. The summed E-state index contributed by atoms with van der Waals surface area (Å²) in [6.45, 7) is 1.28. The first kappa shape index (κ1) is 16.2. The van der Waals surface area contributed by atoms with Gasteiger partial charge in [-0.2, -0.15) is 0 Å². The predicted molar refractivity (Wildman–Crippen MR) is 74.6 cm³/mol. The second-order valence-electron chi connectivity index (χ2n) is 4.48. The molecule has 1 aliphatic rings. The van der Waals surface area contributed by atoms with Gasteiger partial charge >= 0.3 is 5.97 Å². The molecule has 1 heterocycles. The molecule has 1 N–H and O–H groups in total. The zero-order chi connectivity index (χ0) is 13.1. The summed E-state index contributed by atoms with van der Waals surface area (Å²) in [5.41, 5.74) is 0.468. The van der Waals surface area contributed by atoms with Crippen LogP contribution in [-0.2, 0) is 11.2 Å². The predicted octanol–water partition coefficient (Wildman–Crippen LogP) is 2.99. The van der Waals surface area contributed by atoms with Crippen LogP contribution < -0.4 is 0 Å². The van der Waals surface area contributed by atoms with Crippen molar-refractivity contribution < 1.29 is 14.3 Å². The minimum atomic E-state index is -0.799. The van der Waals surface area contributed by atoms with Crippen LogP contribution in [0.4, 0.5) is 4.39 Å². The Bertz CT molecular complexity index is 436. The van der Waals surface area contributed by atoms with Gasteiger partial charge in [0.2, 0.25) is 0 Å². The van der Waals surface area contributed by atoms with Crippen LogP contribution in [0.25, 0.3) is 0 Å². The molecule has 3 nitrogen and oxygen atoms in total. The number of rotatable bonds is 4. The Morgan fingerprint density at radius 1 is 1.53 bits per heavy atom. The standard InChI is InChI=1S/C13H15ClFNO2.ClH/c14-10-3-1-4-11(15)9(10)6-8-16-7-2-5-12(16)13(17)18;/h1,3-4,12H,2,5-8H2,(H,17,18);1H/t12-;/m1./s1. The molecule has 1 saturated heterocycles. The van der Waals surface area contributed by atoms with E-state index in [-0.39, 0.29) is 18.2 Å². The van der Waals surface area contributed by atoms with E-state index in [0.29, 0.717) is 30.0 Å². The highest BCUT2D eigenvalue weighted by atomic mass is 35.5. The van der Waals surface area contributed by atoms with Crippen molar-refractivity contribution >= 4 is 30.0 Å². The van der Waals surface area contributed by atoms with Gasteiger partial charge in [-0.05, 0) is 37.9 Å². The zero-order valence-electron chi connectivity index (χ0n) is 10.3. The summed E-state index contributed by atoms with van der Waals surface area (Å²) in [5, 5.41) is 9.45. The van der Waals surface area contributed by atoms with E-state index in [9.17, 15) is 9.18 Å². The van der Waals surface area contributed by atoms with E-state index in [2.05, 4.69) is 0 Å². The van der Waals surface area contributed by atoms with E-state index in [1.807, 2.05) is 4.90 Å². The number of carboxylic acid groups (broad SMARTS) is 1. The summed E-state index contributed by atoms with van der Waals surface area (Å²) in [5.74, 6) is -1.12. The molecule has 1 atom stereocenters. The van der Waals surface area contributed by atoms with Crippen molar-refractivity contribution in [3.8, 4) is 0 Å². The maximum Gasteiger partial charge on any atom is 0.320 e. The molecule has 1 aromatic carbocycles. The summed E-state index contributed by atoms with van der Waals surface area (Å²) in [6, 6.07) is 4.16. The van der Waals surface area contributed by atoms with E-state index in [1.165, 1.54) is 6.07 Å². The molecule has 0 bridgehead atoms. The van der Waals surface area contributed by atoms with E-state index in [4.69, 9.17) is 16.7 Å². The van der Waals surface area contributed by atoms with Gasteiger partial charge in [0.15, 0.2) is 0 Å². The van der Waals surface area contributed by atoms with Gasteiger partial charge in [0.1, 0.15) is 11.9 Å². The monoisotopic (exact) mass is 307 g/mol. The average molecular weight is 308 g/mol. The van der Waals surface area contributed by atoms with Gasteiger partial charge in [-0.3, -0.25) is 9.69 Å². The van der Waals surface area contributed by atoms with E-state index < -0.39 is 12.0 Å². The van der Waals surface area contributed by atoms with E-state index >= 15 is 0 Å². The van der Waals surface area contributed by atoms with Crippen LogP contribution in [0.5, 0.6) is 0 Å². The maximum atomic E-state index is 13.6. The van der Waals surface area contributed by atoms with Gasteiger partial charge in [0.25, 0.3) is 0 Å². The highest BCUT2D eigenvalue weighted by Crippen LogP contribution is 2.22. The van der Waals surface area contributed by atoms with Crippen molar-refractivity contribution in [1.29, 1.82) is 0 Å². The number of nitrogens with zero attached hydrogens (tertiary/aromatic N) is 1. The smallest absolute Gasteiger partial charge is 0.320 e. The lowest BCUT2D eigenvalue weighted by molar-refractivity contribution is -0.142. The third kappa shape index (κ3) is 3.81. The van der Waals surface area contributed by atoms with Gasteiger partial charge in [0.05, 0.1) is 0 Å². The third-order valence-corrected chi connectivity index (χ3v) is 3.71. The largest absolute Gasteiger partial charge is 0.480 e. The molecule has 0 amide bonds. The molecule has 19 heavy (non-hydrogen) atoms. The summed E-state index contributed by atoms with van der Waals surface area (Å²) in [4.78, 5) is 12.9. The summed E-state index contributed by atoms with van der Waals surface area (Å²) in [6.07, 6.45) is 1.98. The molecule has 0 radical (unpaired) electrons. The Kier molecular flexibility index (Phi) is 6.04. The van der Waals surface area contributed by atoms with E-state index in [0.717, 1.165) is 13.0 Å². The summed E-state index contributed by atoms with van der Waals surface area (Å²) in [7, 11) is 0. The molecule has 1 fully saturated rings. The number of carboxylic acids is 1. The Hall–Kier alpha value is -0.840. The normalized spacial score (nSPS) is 19.2. The highest BCUT2D eigenvalue weighted by molar-refractivity contribution is 6.31. The Morgan fingerprint density at radius 2 is 2.26 bits per heavy atom. The van der Waals surface area contributed by atoms with Crippen LogP contribution in [-0.4, -0.2) is 35.1 Å². The van der Waals surface area contributed by atoms with Crippen LogP contribution in [0.3, 0.4) is 0 Å². The van der Waals surface area contributed by atoms with Crippen molar-refractivity contribution in [3.63, 3.8) is 0 Å². The molecule has 6 heteroatoms. The van der Waals surface area contributed by atoms with Gasteiger partial charge in [-0.1, -0.05) is 17.7 Å². The molecule has 106 valence electrons. The molecule has 0 aromatic heterocycles. The number of hydrogen-bond donors (Lipinski definition) is 1. The lowest BCUT2D eigenvalue weighted by atomic mass is 10.1. The highest BCUT2D eigenvalue weighted by Gasteiger charge is 2.30. The number of likely N-dealkylation sites (tertiary alicyclic amines) is 1. The second kappa shape index (κ2) is 7.08. The number of benzene rings is 1. The first-order valence-corrected chi connectivity index (χ1v) is 6.37. The number of halogens is 3. The molecule has 0 spiro atoms. The lowest BCUT2D eigenvalue weighted by Gasteiger charge is -2.21. The quantitative estimate of drug-likeness (QED) is 0.929. The maximum absolute atomic E-state index is 13.6. The van der Waals surface area contributed by atoms with Gasteiger partial charge < -0.3 is 5.11 Å². The van der Waals surface area contributed by atoms with Crippen molar-refractivity contribution in [3.05, 3.63) is 34.6 Å². The minimum Gasteiger partial charge on any atom is -0.480 e. The number of aliphatic carboxylic acids is 1. The minimum absolute atomic E-state index is 0. The van der Waals surface area contributed by atoms with Crippen molar-refractivity contribution in [2.45, 2.75) is 25.3 Å². The number of hydrogen-bond acceptors (Lipinski definition) is 2. The molecule has 0 aliphatic carbocycles. The molecular formula is C13H16Cl2FNO2. The van der Waals surface area contributed by atoms with Crippen LogP contribution in [0.2, 0.25) is 5.02 Å². The van der Waals surface area contributed by atoms with E-state index in [1.54, 1.807) is 12.1 Å². The fraction of sp³-hybridized carbons (Fsp3) is 0.462. The molecular weight excluding hydrogens is 292 g/mol. The zero-order valence-corrected chi connectivity index (χ0v) is 11.9. The van der Waals surface area contributed by atoms with Crippen LogP contribution in [0.1, 0.15) is 18.4 Å². The fourth-order valence-electron chi connectivity index (χ4n) is 2.40. The summed E-state index contributed by atoms with van der Waals surface area (Å²) < 4.78 is 13.6. The fourth-order valence-corrected chi connectivity index (χ4v) is 2.66. The number of carbonyl (C=O) groups is 1. The van der Waals surface area contributed by atoms with Gasteiger partial charge in [-0.25, -0.2) is 4.39 Å². The van der Waals surface area contributed by atoms with Crippen LogP contribution >= 0.6 is 24.0 Å². The SMILES string of the molecule is Cl.O=C(O)[C@H]1CCCN1CCc1c(F)cccc1Cl. The topological polar surface area (TPSA) is 40.5 Å². The molecule has 2 rings (SSSR count). The van der Waals surface area contributed by atoms with Crippen molar-refractivity contribution in [2.75, 3.05) is 13.1 Å². The van der Waals surface area contributed by atoms with Crippen LogP contribution in [0.15, 0.2) is 18.2 Å². The molecule has 1 aliphatic heterocycles. The second-order valence-corrected chi connectivity index (χ2v) is 4.89. The molecule has 1 aromatic rings. The molecule has 0 saturated carbocycles. The Balaban J connectivity index is 0.00000180. The van der Waals surface area contributed by atoms with Gasteiger partial charge in [0, 0.05) is 17.1 Å². The lowest BCUT2D eigenvalue weighted by Crippen LogP contribution is -2.37. The molecule has 0 unspecified atom stereocenters. The van der Waals surface area contributed by atoms with Gasteiger partial charge in [-0.15, -0.1) is 12.4 Å². The third-order valence-electron chi connectivity index (χ3n) is 3.36. The van der Waals surface area contributed by atoms with Crippen molar-refractivity contribution in [2.24, 2.45) is 0 Å². The van der Waals surface area contributed by atoms with Crippen molar-refractivity contribution in [1.82, 2.24) is 4.90 Å². The summed E-state index contributed by atoms with van der Waals surface area (Å²) >= 11 is 5.94. The average Bonchev–Trinajstić information content (AvgIpc) is 2.76. The Morgan fingerprint density at radius 3 is 2.89 bits per heavy atom. The van der Waals surface area contributed by atoms with Crippen LogP contribution in [0, 0.1) is 5.82 Å².